The van der Waals surface area contributed by atoms with Crippen molar-refractivity contribution in [3.63, 3.8) is 0 Å². The third-order valence-electron chi connectivity index (χ3n) is 4.03. The van der Waals surface area contributed by atoms with Gasteiger partial charge in [0.05, 0.1) is 5.02 Å². The highest BCUT2D eigenvalue weighted by Gasteiger charge is 2.26. The van der Waals surface area contributed by atoms with Crippen LogP contribution in [-0.4, -0.2) is 36.3 Å². The van der Waals surface area contributed by atoms with Crippen molar-refractivity contribution in [1.29, 1.82) is 0 Å². The summed E-state index contributed by atoms with van der Waals surface area (Å²) in [7, 11) is 1.62. The van der Waals surface area contributed by atoms with Crippen LogP contribution in [0.1, 0.15) is 32.6 Å². The number of carbonyl (C=O) groups is 2. The average molecular weight is 327 g/mol. The lowest BCUT2D eigenvalue weighted by Gasteiger charge is -2.33. The summed E-state index contributed by atoms with van der Waals surface area (Å²) in [5, 5.41) is -0.0172. The molecule has 1 saturated heterocycles. The van der Waals surface area contributed by atoms with E-state index in [-0.39, 0.29) is 29.3 Å². The van der Waals surface area contributed by atoms with Crippen molar-refractivity contribution < 1.29 is 14.0 Å². The van der Waals surface area contributed by atoms with Gasteiger partial charge in [-0.15, -0.1) is 0 Å². The van der Waals surface area contributed by atoms with Gasteiger partial charge in [0, 0.05) is 38.2 Å². The van der Waals surface area contributed by atoms with Crippen LogP contribution in [-0.2, 0) is 9.59 Å². The summed E-state index contributed by atoms with van der Waals surface area (Å²) in [5.74, 6) is -0.536. The third-order valence-corrected chi connectivity index (χ3v) is 4.32. The lowest BCUT2D eigenvalue weighted by Crippen LogP contribution is -2.44. The quantitative estimate of drug-likeness (QED) is 0.852. The Bertz CT molecular complexity index is 579. The Balaban J connectivity index is 2.01. The standard InChI is InChI=1S/C16H20ClFN2O2/c1-11(20-8-4-3-5-15(20)21)9-16(22)19(2)12-6-7-14(18)13(17)10-12/h6-7,10-11H,3-5,8-9H2,1-2H3/t11-/m1/s1. The molecule has 1 aliphatic heterocycles. The van der Waals surface area contributed by atoms with E-state index in [9.17, 15) is 14.0 Å². The van der Waals surface area contributed by atoms with Gasteiger partial charge in [-0.25, -0.2) is 4.39 Å². The molecule has 2 amide bonds. The van der Waals surface area contributed by atoms with Gasteiger partial charge in [0.25, 0.3) is 0 Å². The summed E-state index contributed by atoms with van der Waals surface area (Å²) in [6, 6.07) is 4.03. The zero-order valence-electron chi connectivity index (χ0n) is 12.8. The number of carbonyl (C=O) groups excluding carboxylic acids is 2. The maximum Gasteiger partial charge on any atom is 0.228 e. The van der Waals surface area contributed by atoms with E-state index < -0.39 is 5.82 Å². The minimum Gasteiger partial charge on any atom is -0.339 e. The van der Waals surface area contributed by atoms with Gasteiger partial charge < -0.3 is 9.80 Å². The van der Waals surface area contributed by atoms with Crippen molar-refractivity contribution in [3.8, 4) is 0 Å². The number of hydrogen-bond acceptors (Lipinski definition) is 2. The van der Waals surface area contributed by atoms with Gasteiger partial charge in [-0.2, -0.15) is 0 Å². The SMILES string of the molecule is C[C@H](CC(=O)N(C)c1ccc(F)c(Cl)c1)N1CCCCC1=O. The predicted molar refractivity (Wildman–Crippen MR) is 84.5 cm³/mol. The molecule has 6 heteroatoms. The highest BCUT2D eigenvalue weighted by atomic mass is 35.5. The Labute approximate surface area is 134 Å². The number of likely N-dealkylation sites (tertiary alicyclic amines) is 1. The normalized spacial score (nSPS) is 16.5. The van der Waals surface area contributed by atoms with Crippen LogP contribution in [0.4, 0.5) is 10.1 Å². The number of amides is 2. The summed E-state index contributed by atoms with van der Waals surface area (Å²) in [6.07, 6.45) is 2.69. The lowest BCUT2D eigenvalue weighted by molar-refractivity contribution is -0.136. The van der Waals surface area contributed by atoms with Crippen molar-refractivity contribution in [1.82, 2.24) is 4.90 Å². The molecule has 1 fully saturated rings. The first-order valence-electron chi connectivity index (χ1n) is 7.41. The zero-order valence-corrected chi connectivity index (χ0v) is 13.6. The van der Waals surface area contributed by atoms with Gasteiger partial charge in [-0.05, 0) is 38.0 Å². The van der Waals surface area contributed by atoms with Crippen LogP contribution in [0.25, 0.3) is 0 Å². The molecule has 0 unspecified atom stereocenters. The van der Waals surface area contributed by atoms with Crippen molar-refractivity contribution in [2.24, 2.45) is 0 Å². The second-order valence-electron chi connectivity index (χ2n) is 5.65. The minimum absolute atomic E-state index is 0.0172. The van der Waals surface area contributed by atoms with Crippen LogP contribution in [0.3, 0.4) is 0 Å². The zero-order chi connectivity index (χ0) is 16.3. The maximum absolute atomic E-state index is 13.2. The molecule has 1 atom stereocenters. The molecule has 0 bridgehead atoms. The first kappa shape index (κ1) is 16.7. The lowest BCUT2D eigenvalue weighted by atomic mass is 10.1. The largest absolute Gasteiger partial charge is 0.339 e. The number of rotatable bonds is 4. The third kappa shape index (κ3) is 3.77. The smallest absolute Gasteiger partial charge is 0.228 e. The molecule has 120 valence electrons. The Kier molecular flexibility index (Phi) is 5.40. The number of hydrogen-bond donors (Lipinski definition) is 0. The number of nitrogens with zero attached hydrogens (tertiary/aromatic N) is 2. The van der Waals surface area contributed by atoms with E-state index >= 15 is 0 Å². The first-order valence-corrected chi connectivity index (χ1v) is 7.79. The summed E-state index contributed by atoms with van der Waals surface area (Å²) in [6.45, 7) is 2.59. The number of piperidine rings is 1. The molecule has 0 radical (unpaired) electrons. The first-order chi connectivity index (χ1) is 10.4. The predicted octanol–water partition coefficient (Wildman–Crippen LogP) is 3.23. The summed E-state index contributed by atoms with van der Waals surface area (Å²) in [5.41, 5.74) is 0.536. The molecule has 2 rings (SSSR count). The second kappa shape index (κ2) is 7.09. The highest BCUT2D eigenvalue weighted by molar-refractivity contribution is 6.31. The molecule has 0 aromatic heterocycles. The summed E-state index contributed by atoms with van der Waals surface area (Å²) < 4.78 is 13.2. The Morgan fingerprint density at radius 3 is 2.82 bits per heavy atom. The van der Waals surface area contributed by atoms with Gasteiger partial charge in [0.1, 0.15) is 5.82 Å². The van der Waals surface area contributed by atoms with Gasteiger partial charge in [-0.3, -0.25) is 9.59 Å². The molecule has 1 aromatic carbocycles. The topological polar surface area (TPSA) is 40.6 Å². The van der Waals surface area contributed by atoms with E-state index in [1.807, 2.05) is 6.92 Å². The van der Waals surface area contributed by atoms with E-state index in [0.29, 0.717) is 18.7 Å². The molecule has 4 nitrogen and oxygen atoms in total. The molecule has 0 saturated carbocycles. The second-order valence-corrected chi connectivity index (χ2v) is 6.06. The van der Waals surface area contributed by atoms with Crippen LogP contribution in [0.5, 0.6) is 0 Å². The van der Waals surface area contributed by atoms with E-state index in [1.165, 1.54) is 23.1 Å². The Morgan fingerprint density at radius 1 is 1.45 bits per heavy atom. The van der Waals surface area contributed by atoms with Gasteiger partial charge in [-0.1, -0.05) is 11.6 Å². The monoisotopic (exact) mass is 326 g/mol. The Hall–Kier alpha value is -1.62. The molecular weight excluding hydrogens is 307 g/mol. The molecule has 22 heavy (non-hydrogen) atoms. The number of benzene rings is 1. The average Bonchev–Trinajstić information content (AvgIpc) is 2.49. The van der Waals surface area contributed by atoms with Crippen molar-refractivity contribution >= 4 is 29.1 Å². The molecule has 1 heterocycles. The molecule has 1 aromatic rings. The van der Waals surface area contributed by atoms with E-state index in [4.69, 9.17) is 11.6 Å². The summed E-state index contributed by atoms with van der Waals surface area (Å²) in [4.78, 5) is 27.4. The van der Waals surface area contributed by atoms with Crippen LogP contribution < -0.4 is 4.90 Å². The van der Waals surface area contributed by atoms with Crippen LogP contribution >= 0.6 is 11.6 Å². The van der Waals surface area contributed by atoms with E-state index in [2.05, 4.69) is 0 Å². The fourth-order valence-corrected chi connectivity index (χ4v) is 2.81. The number of halogens is 2. The number of anilines is 1. The van der Waals surface area contributed by atoms with Gasteiger partial charge in [0.2, 0.25) is 11.8 Å². The van der Waals surface area contributed by atoms with E-state index in [0.717, 1.165) is 12.8 Å². The van der Waals surface area contributed by atoms with Crippen LogP contribution in [0, 0.1) is 5.82 Å². The molecule has 0 N–H and O–H groups in total. The van der Waals surface area contributed by atoms with E-state index in [1.54, 1.807) is 11.9 Å². The minimum atomic E-state index is -0.515. The van der Waals surface area contributed by atoms with Crippen molar-refractivity contribution in [3.05, 3.63) is 29.0 Å². The van der Waals surface area contributed by atoms with Crippen molar-refractivity contribution in [2.45, 2.75) is 38.6 Å². The molecule has 1 aliphatic rings. The van der Waals surface area contributed by atoms with Crippen molar-refractivity contribution in [2.75, 3.05) is 18.5 Å². The van der Waals surface area contributed by atoms with Gasteiger partial charge in [0.15, 0.2) is 0 Å². The fourth-order valence-electron chi connectivity index (χ4n) is 2.63. The molecule has 0 aliphatic carbocycles. The Morgan fingerprint density at radius 2 is 2.18 bits per heavy atom. The maximum atomic E-state index is 13.2. The molecule has 0 spiro atoms. The van der Waals surface area contributed by atoms with Gasteiger partial charge >= 0.3 is 0 Å². The molecular formula is C16H20ClFN2O2. The fraction of sp³-hybridized carbons (Fsp3) is 0.500. The van der Waals surface area contributed by atoms with Crippen LogP contribution in [0.15, 0.2) is 18.2 Å². The summed E-state index contributed by atoms with van der Waals surface area (Å²) >= 11 is 5.74. The highest BCUT2D eigenvalue weighted by Crippen LogP contribution is 2.23. The van der Waals surface area contributed by atoms with Crippen LogP contribution in [0.2, 0.25) is 5.02 Å².